The number of esters is 1. The topological polar surface area (TPSA) is 127 Å². The number of benzene rings is 3. The average molecular weight is 682 g/mol. The lowest BCUT2D eigenvalue weighted by atomic mass is 9.51. The molecule has 4 aliphatic carbocycles. The van der Waals surface area contributed by atoms with Crippen molar-refractivity contribution in [2.75, 3.05) is 7.11 Å². The third-order valence-corrected chi connectivity index (χ3v) is 11.0. The number of ether oxygens (including phenoxy) is 1. The summed E-state index contributed by atoms with van der Waals surface area (Å²) in [4.78, 5) is 53.6. The van der Waals surface area contributed by atoms with Gasteiger partial charge in [-0.25, -0.2) is 4.79 Å². The second kappa shape index (κ2) is 12.4. The molecule has 4 fully saturated rings. The minimum Gasteiger partial charge on any atom is -0.464 e. The predicted molar refractivity (Wildman–Crippen MR) is 187 cm³/mol. The summed E-state index contributed by atoms with van der Waals surface area (Å²) in [5, 5.41) is 17.6. The number of fused-ring (bicyclic) bond motifs is 1. The van der Waals surface area contributed by atoms with Crippen LogP contribution in [0.2, 0.25) is 5.02 Å². The molecular weight excluding hydrogens is 642 g/mol. The van der Waals surface area contributed by atoms with Crippen LogP contribution in [0.4, 0.5) is 0 Å². The molecule has 5 atom stereocenters. The fourth-order valence-electron chi connectivity index (χ4n) is 8.75. The van der Waals surface area contributed by atoms with Gasteiger partial charge in [0, 0.05) is 45.2 Å². The van der Waals surface area contributed by atoms with Gasteiger partial charge in [0.2, 0.25) is 0 Å². The maximum absolute atomic E-state index is 14.0. The second-order valence-corrected chi connectivity index (χ2v) is 15.1. The molecule has 9 nitrogen and oxygen atoms in total. The first-order chi connectivity index (χ1) is 23.4. The first-order valence-corrected chi connectivity index (χ1v) is 17.2. The van der Waals surface area contributed by atoms with Gasteiger partial charge in [-0.1, -0.05) is 41.9 Å². The molecule has 49 heavy (non-hydrogen) atoms. The van der Waals surface area contributed by atoms with E-state index in [0.717, 1.165) is 37.7 Å². The third kappa shape index (κ3) is 6.15. The van der Waals surface area contributed by atoms with E-state index in [9.17, 15) is 24.3 Å². The molecule has 4 aliphatic rings. The number of para-hydroxylation sites is 1. The highest BCUT2D eigenvalue weighted by Gasteiger charge is 2.56. The van der Waals surface area contributed by atoms with Crippen LogP contribution >= 0.6 is 11.6 Å². The first-order valence-electron chi connectivity index (χ1n) is 16.8. The molecule has 3 N–H and O–H groups in total. The van der Waals surface area contributed by atoms with E-state index in [1.807, 2.05) is 42.5 Å². The largest absolute Gasteiger partial charge is 0.464 e. The van der Waals surface area contributed by atoms with E-state index in [1.54, 1.807) is 34.9 Å². The van der Waals surface area contributed by atoms with E-state index >= 15 is 0 Å². The molecule has 4 bridgehead atoms. The molecular formula is C39H40ClN3O6. The van der Waals surface area contributed by atoms with Crippen LogP contribution in [0.1, 0.15) is 77.9 Å². The molecule has 8 rings (SSSR count). The lowest BCUT2D eigenvalue weighted by Crippen LogP contribution is -2.68. The first kappa shape index (κ1) is 33.0. The Labute approximate surface area is 289 Å². The van der Waals surface area contributed by atoms with E-state index in [2.05, 4.69) is 10.6 Å². The summed E-state index contributed by atoms with van der Waals surface area (Å²) >= 11 is 6.35. The Balaban J connectivity index is 1.14. The standard InChI is InChI=1S/C39H40ClN3O6/c1-38(2,48)37(47)42-39-19-23-15-25(20-39)32(26(16-23)21-39)41-35(45)24-11-9-22(10-12-24)17-30-33(36(46)49-3)43(28-7-5-4-6-8-28)31-18-27(40)13-14-29(31)34(30)44/h4-14,18,23,25-26,32,48H,15-17,19-21H2,1-3H3,(H,41,45)(H,42,47)/t23-,25-,26+,32-,39+. The molecule has 1 heterocycles. The minimum atomic E-state index is -1.44. The fraction of sp³-hybridized carbons (Fsp3) is 0.385. The Hall–Kier alpha value is -4.47. The van der Waals surface area contributed by atoms with Crippen LogP contribution in [0.25, 0.3) is 16.6 Å². The van der Waals surface area contributed by atoms with Gasteiger partial charge >= 0.3 is 5.97 Å². The Morgan fingerprint density at radius 3 is 2.29 bits per heavy atom. The van der Waals surface area contributed by atoms with Crippen molar-refractivity contribution < 1.29 is 24.2 Å². The van der Waals surface area contributed by atoms with Crippen LogP contribution in [0.15, 0.2) is 77.6 Å². The van der Waals surface area contributed by atoms with Gasteiger partial charge in [0.25, 0.3) is 11.8 Å². The SMILES string of the molecule is COC(=O)c1c(Cc2ccc(C(=O)N[C@@H]3[C@@H]4C[C@@H]5C[C@H]3C[C@](NC(=O)C(C)(C)O)(C5)C4)cc2)c(=O)c2ccc(Cl)cc2n1-c1ccccc1. The highest BCUT2D eigenvalue weighted by atomic mass is 35.5. The lowest BCUT2D eigenvalue weighted by Gasteiger charge is -2.60. The highest BCUT2D eigenvalue weighted by Crippen LogP contribution is 2.56. The zero-order valence-corrected chi connectivity index (χ0v) is 28.5. The molecule has 2 amide bonds. The predicted octanol–water partition coefficient (Wildman–Crippen LogP) is 5.59. The Morgan fingerprint density at radius 1 is 0.980 bits per heavy atom. The fourth-order valence-corrected chi connectivity index (χ4v) is 8.91. The summed E-state index contributed by atoms with van der Waals surface area (Å²) in [6.45, 7) is 3.02. The van der Waals surface area contributed by atoms with Crippen molar-refractivity contribution in [1.29, 1.82) is 0 Å². The second-order valence-electron chi connectivity index (χ2n) is 14.6. The molecule has 0 aliphatic heterocycles. The number of hydrogen-bond donors (Lipinski definition) is 3. The van der Waals surface area contributed by atoms with Gasteiger partial charge in [-0.15, -0.1) is 0 Å². The van der Waals surface area contributed by atoms with Crippen molar-refractivity contribution in [3.63, 3.8) is 0 Å². The van der Waals surface area contributed by atoms with Gasteiger partial charge in [0.15, 0.2) is 5.43 Å². The van der Waals surface area contributed by atoms with Crippen LogP contribution in [0.5, 0.6) is 0 Å². The molecule has 0 radical (unpaired) electrons. The van der Waals surface area contributed by atoms with Gasteiger partial charge in [-0.2, -0.15) is 0 Å². The molecule has 10 heteroatoms. The van der Waals surface area contributed by atoms with Gasteiger partial charge in [-0.05, 0) is 112 Å². The molecule has 4 saturated carbocycles. The van der Waals surface area contributed by atoms with Gasteiger partial charge in [0.05, 0.1) is 12.6 Å². The average Bonchev–Trinajstić information content (AvgIpc) is 3.06. The van der Waals surface area contributed by atoms with Crippen molar-refractivity contribution in [3.8, 4) is 5.69 Å². The van der Waals surface area contributed by atoms with Gasteiger partial charge in [0.1, 0.15) is 11.3 Å². The molecule has 3 aromatic carbocycles. The molecule has 0 saturated heterocycles. The normalized spacial score (nSPS) is 24.1. The summed E-state index contributed by atoms with van der Waals surface area (Å²) < 4.78 is 6.92. The zero-order chi connectivity index (χ0) is 34.7. The molecule has 4 aromatic rings. The third-order valence-electron chi connectivity index (χ3n) is 10.7. The van der Waals surface area contributed by atoms with Crippen LogP contribution in [0, 0.1) is 17.8 Å². The van der Waals surface area contributed by atoms with E-state index in [-0.39, 0.29) is 58.3 Å². The number of rotatable bonds is 8. The number of nitrogens with zero attached hydrogens (tertiary/aromatic N) is 1. The van der Waals surface area contributed by atoms with Gasteiger partial charge < -0.3 is 25.0 Å². The molecule has 254 valence electrons. The smallest absolute Gasteiger partial charge is 0.355 e. The van der Waals surface area contributed by atoms with Crippen molar-refractivity contribution in [2.24, 2.45) is 17.8 Å². The number of methoxy groups -OCH3 is 1. The summed E-state index contributed by atoms with van der Waals surface area (Å²) in [6, 6.07) is 21.4. The van der Waals surface area contributed by atoms with Crippen LogP contribution in [0.3, 0.4) is 0 Å². The quantitative estimate of drug-likeness (QED) is 0.208. The number of halogens is 1. The maximum Gasteiger partial charge on any atom is 0.355 e. The number of aliphatic hydroxyl groups is 1. The molecule has 1 aromatic heterocycles. The molecule has 0 spiro atoms. The zero-order valence-electron chi connectivity index (χ0n) is 27.8. The number of amides is 2. The number of nitrogens with one attached hydrogen (secondary N) is 2. The van der Waals surface area contributed by atoms with Gasteiger partial charge in [-0.3, -0.25) is 14.4 Å². The lowest BCUT2D eigenvalue weighted by molar-refractivity contribution is -0.143. The number of pyridine rings is 1. The minimum absolute atomic E-state index is 0.0149. The Bertz CT molecular complexity index is 2000. The van der Waals surface area contributed by atoms with Crippen molar-refractivity contribution in [2.45, 2.75) is 69.6 Å². The summed E-state index contributed by atoms with van der Waals surface area (Å²) in [6.07, 6.45) is 4.66. The number of aromatic nitrogens is 1. The van der Waals surface area contributed by atoms with E-state index in [4.69, 9.17) is 16.3 Å². The summed E-state index contributed by atoms with van der Waals surface area (Å²) in [5.74, 6) is -0.152. The van der Waals surface area contributed by atoms with E-state index < -0.39 is 11.6 Å². The van der Waals surface area contributed by atoms with Crippen LogP contribution < -0.4 is 16.1 Å². The highest BCUT2D eigenvalue weighted by molar-refractivity contribution is 6.31. The van der Waals surface area contributed by atoms with Crippen LogP contribution in [-0.4, -0.2) is 51.7 Å². The summed E-state index contributed by atoms with van der Waals surface area (Å²) in [5.41, 5.74) is 0.777. The van der Waals surface area contributed by atoms with E-state index in [1.165, 1.54) is 21.0 Å². The Kier molecular flexibility index (Phi) is 8.40. The van der Waals surface area contributed by atoms with Crippen molar-refractivity contribution >= 4 is 40.3 Å². The van der Waals surface area contributed by atoms with E-state index in [0.29, 0.717) is 33.1 Å². The number of carbonyl (C=O) groups excluding carboxylic acids is 3. The monoisotopic (exact) mass is 681 g/mol. The molecule has 0 unspecified atom stereocenters. The van der Waals surface area contributed by atoms with Crippen LogP contribution in [-0.2, 0) is 16.0 Å². The maximum atomic E-state index is 14.0. The Morgan fingerprint density at radius 2 is 1.65 bits per heavy atom. The van der Waals surface area contributed by atoms with Crippen molar-refractivity contribution in [3.05, 3.63) is 110 Å². The number of hydrogen-bond acceptors (Lipinski definition) is 6. The summed E-state index contributed by atoms with van der Waals surface area (Å²) in [7, 11) is 1.29. The van der Waals surface area contributed by atoms with Crippen molar-refractivity contribution in [1.82, 2.24) is 15.2 Å². The number of carbonyl (C=O) groups is 3.